The molecule has 192 valence electrons. The maximum atomic E-state index is 13.8. The molecule has 1 aromatic carbocycles. The quantitative estimate of drug-likeness (QED) is 0.264. The Balaban J connectivity index is 1.54. The van der Waals surface area contributed by atoms with Crippen LogP contribution in [-0.4, -0.2) is 33.4 Å². The lowest BCUT2D eigenvalue weighted by molar-refractivity contribution is 0.101. The summed E-state index contributed by atoms with van der Waals surface area (Å²) in [5.74, 6) is 1.10. The molecule has 4 aromatic rings. The number of hydrogen-bond acceptors (Lipinski definition) is 5. The minimum Gasteiger partial charge on any atom is -0.381 e. The van der Waals surface area contributed by atoms with E-state index in [1.54, 1.807) is 25.3 Å². The van der Waals surface area contributed by atoms with Gasteiger partial charge in [0.05, 0.1) is 24.2 Å². The summed E-state index contributed by atoms with van der Waals surface area (Å²) in [4.78, 5) is 22.4. The molecule has 1 saturated heterocycles. The number of rotatable bonds is 8. The average Bonchev–Trinajstić information content (AvgIpc) is 3.58. The highest BCUT2D eigenvalue weighted by Crippen LogP contribution is 2.35. The van der Waals surface area contributed by atoms with Gasteiger partial charge in [-0.15, -0.1) is 0 Å². The fourth-order valence-corrected chi connectivity index (χ4v) is 5.36. The molecule has 0 amide bonds. The zero-order chi connectivity index (χ0) is 26.1. The monoisotopic (exact) mass is 500 g/mol. The molecule has 1 aliphatic heterocycles. The van der Waals surface area contributed by atoms with E-state index in [-0.39, 0.29) is 5.78 Å². The van der Waals surface area contributed by atoms with Crippen LogP contribution in [0.3, 0.4) is 0 Å². The van der Waals surface area contributed by atoms with E-state index in [4.69, 9.17) is 9.72 Å². The molecule has 1 fully saturated rings. The number of halogens is 1. The van der Waals surface area contributed by atoms with Crippen molar-refractivity contribution < 1.29 is 13.9 Å². The van der Waals surface area contributed by atoms with E-state index in [1.807, 2.05) is 35.7 Å². The Kier molecular flexibility index (Phi) is 7.07. The van der Waals surface area contributed by atoms with Crippen molar-refractivity contribution >= 4 is 22.9 Å². The first-order valence-electron chi connectivity index (χ1n) is 13.0. The second kappa shape index (κ2) is 10.4. The van der Waals surface area contributed by atoms with Crippen molar-refractivity contribution in [1.82, 2.24) is 14.4 Å². The van der Waals surface area contributed by atoms with Crippen LogP contribution < -0.4 is 5.32 Å². The molecule has 3 aromatic heterocycles. The van der Waals surface area contributed by atoms with Gasteiger partial charge in [0.15, 0.2) is 5.78 Å². The largest absolute Gasteiger partial charge is 0.381 e. The summed E-state index contributed by atoms with van der Waals surface area (Å²) >= 11 is 0. The summed E-state index contributed by atoms with van der Waals surface area (Å²) in [6, 6.07) is 11.6. The number of carbonyl (C=O) groups is 1. The maximum absolute atomic E-state index is 13.8. The van der Waals surface area contributed by atoms with E-state index in [0.29, 0.717) is 29.1 Å². The molecule has 1 unspecified atom stereocenters. The number of hydrogen-bond donors (Lipinski definition) is 1. The lowest BCUT2D eigenvalue weighted by Gasteiger charge is -2.19. The zero-order valence-corrected chi connectivity index (χ0v) is 21.8. The number of fused-ring (bicyclic) bond motifs is 1. The Bertz CT molecular complexity index is 1450. The number of nitrogens with zero attached hydrogens (tertiary/aromatic N) is 3. The number of anilines is 2. The van der Waals surface area contributed by atoms with Crippen molar-refractivity contribution in [3.63, 3.8) is 0 Å². The number of ketones is 1. The molecule has 0 radical (unpaired) electrons. The van der Waals surface area contributed by atoms with Crippen LogP contribution in [0.2, 0.25) is 0 Å². The molecule has 7 heteroatoms. The number of Topliss-reactive ketones (excluding diaryl/α,β-unsaturated/α-hetero) is 1. The Morgan fingerprint density at radius 3 is 2.73 bits per heavy atom. The van der Waals surface area contributed by atoms with Crippen LogP contribution in [0, 0.1) is 0 Å². The maximum Gasteiger partial charge on any atom is 0.162 e. The summed E-state index contributed by atoms with van der Waals surface area (Å²) in [6.07, 6.45) is 5.09. The van der Waals surface area contributed by atoms with Gasteiger partial charge in [-0.2, -0.15) is 0 Å². The number of imidazole rings is 1. The predicted octanol–water partition coefficient (Wildman–Crippen LogP) is 7.00. The Labute approximate surface area is 216 Å². The van der Waals surface area contributed by atoms with Crippen molar-refractivity contribution in [1.29, 1.82) is 0 Å². The molecule has 0 saturated carbocycles. The molecule has 2 atom stereocenters. The normalized spacial score (nSPS) is 16.3. The van der Waals surface area contributed by atoms with E-state index in [9.17, 15) is 9.18 Å². The van der Waals surface area contributed by atoms with E-state index in [2.05, 4.69) is 23.3 Å². The van der Waals surface area contributed by atoms with Gasteiger partial charge in [0.2, 0.25) is 0 Å². The zero-order valence-electron chi connectivity index (χ0n) is 21.8. The SMILES string of the molecule is CCc1nc(Nc2ccc(-c3cnc4cc(C(C)F)ccn34)c(CC)c2C(C)=O)ccc1[C@H]1CCOC1. The first-order chi connectivity index (χ1) is 17.9. The fraction of sp³-hybridized carbons (Fsp3) is 0.367. The van der Waals surface area contributed by atoms with Crippen molar-refractivity contribution in [2.24, 2.45) is 0 Å². The minimum absolute atomic E-state index is 0.0148. The van der Waals surface area contributed by atoms with E-state index >= 15 is 0 Å². The molecule has 5 rings (SSSR count). The standard InChI is InChI=1S/C30H33FN4O2/c1-5-22-24(27-16-32-29-15-20(18(3)31)11-13-35(27)29)7-9-26(30(22)19(4)36)34-28-10-8-23(25(6-2)33-28)21-12-14-37-17-21/h7-11,13,15-16,18,21H,5-6,12,14,17H2,1-4H3,(H,33,34)/t18?,21-/m0/s1. The van der Waals surface area contributed by atoms with Crippen LogP contribution in [0.25, 0.3) is 16.9 Å². The number of benzene rings is 1. The molecule has 6 nitrogen and oxygen atoms in total. The molecule has 37 heavy (non-hydrogen) atoms. The number of aromatic nitrogens is 3. The van der Waals surface area contributed by atoms with Crippen LogP contribution in [0.15, 0.2) is 48.8 Å². The number of aryl methyl sites for hydroxylation is 1. The smallest absolute Gasteiger partial charge is 0.162 e. The molecule has 1 N–H and O–H groups in total. The van der Waals surface area contributed by atoms with Crippen molar-refractivity contribution in [3.05, 3.63) is 76.7 Å². The van der Waals surface area contributed by atoms with Crippen molar-refractivity contribution in [2.75, 3.05) is 18.5 Å². The molecule has 0 bridgehead atoms. The summed E-state index contributed by atoms with van der Waals surface area (Å²) in [5.41, 5.74) is 7.71. The van der Waals surface area contributed by atoms with E-state index in [0.717, 1.165) is 60.1 Å². The second-order valence-electron chi connectivity index (χ2n) is 9.64. The molecule has 0 spiro atoms. The topological polar surface area (TPSA) is 68.5 Å². The predicted molar refractivity (Wildman–Crippen MR) is 145 cm³/mol. The van der Waals surface area contributed by atoms with Crippen molar-refractivity contribution in [2.45, 2.75) is 59.0 Å². The molecule has 4 heterocycles. The second-order valence-corrected chi connectivity index (χ2v) is 9.64. The van der Waals surface area contributed by atoms with E-state index < -0.39 is 6.17 Å². The summed E-state index contributed by atoms with van der Waals surface area (Å²) < 4.78 is 21.4. The Morgan fingerprint density at radius 1 is 1.22 bits per heavy atom. The lowest BCUT2D eigenvalue weighted by atomic mass is 9.93. The highest BCUT2D eigenvalue weighted by Gasteiger charge is 2.23. The first-order valence-corrected chi connectivity index (χ1v) is 13.0. The number of carbonyl (C=O) groups excluding carboxylic acids is 1. The van der Waals surface area contributed by atoms with Gasteiger partial charge in [-0.05, 0) is 74.1 Å². The lowest BCUT2D eigenvalue weighted by Crippen LogP contribution is -2.09. The third-order valence-corrected chi connectivity index (χ3v) is 7.27. The number of ether oxygens (including phenoxy) is 1. The van der Waals surface area contributed by atoms with Gasteiger partial charge in [0.1, 0.15) is 17.6 Å². The summed E-state index contributed by atoms with van der Waals surface area (Å²) in [7, 11) is 0. The van der Waals surface area contributed by atoms with Gasteiger partial charge in [0.25, 0.3) is 0 Å². The number of pyridine rings is 2. The van der Waals surface area contributed by atoms with Gasteiger partial charge in [-0.25, -0.2) is 14.4 Å². The molecule has 0 aliphatic carbocycles. The minimum atomic E-state index is -1.06. The average molecular weight is 501 g/mol. The highest BCUT2D eigenvalue weighted by atomic mass is 19.1. The van der Waals surface area contributed by atoms with Crippen LogP contribution >= 0.6 is 0 Å². The molecular formula is C30H33FN4O2. The van der Waals surface area contributed by atoms with Gasteiger partial charge < -0.3 is 10.1 Å². The van der Waals surface area contributed by atoms with Crippen LogP contribution in [0.4, 0.5) is 15.9 Å². The van der Waals surface area contributed by atoms with Gasteiger partial charge in [0, 0.05) is 35.5 Å². The Morgan fingerprint density at radius 2 is 2.05 bits per heavy atom. The Hall–Kier alpha value is -3.58. The van der Waals surface area contributed by atoms with E-state index in [1.165, 1.54) is 12.5 Å². The van der Waals surface area contributed by atoms with Gasteiger partial charge in [-0.3, -0.25) is 9.20 Å². The first kappa shape index (κ1) is 25.1. The number of nitrogens with one attached hydrogen (secondary N) is 1. The van der Waals surface area contributed by atoms with Crippen molar-refractivity contribution in [3.8, 4) is 11.3 Å². The molecular weight excluding hydrogens is 467 g/mol. The number of alkyl halides is 1. The van der Waals surface area contributed by atoms with Crippen LogP contribution in [-0.2, 0) is 17.6 Å². The summed E-state index contributed by atoms with van der Waals surface area (Å²) in [5, 5.41) is 3.42. The molecule has 1 aliphatic rings. The van der Waals surface area contributed by atoms with Crippen LogP contribution in [0.5, 0.6) is 0 Å². The third-order valence-electron chi connectivity index (χ3n) is 7.27. The fourth-order valence-electron chi connectivity index (χ4n) is 5.36. The highest BCUT2D eigenvalue weighted by molar-refractivity contribution is 6.03. The van der Waals surface area contributed by atoms with Gasteiger partial charge >= 0.3 is 0 Å². The summed E-state index contributed by atoms with van der Waals surface area (Å²) in [6.45, 7) is 8.82. The van der Waals surface area contributed by atoms with Crippen LogP contribution in [0.1, 0.15) is 78.9 Å². The van der Waals surface area contributed by atoms with Gasteiger partial charge in [-0.1, -0.05) is 26.0 Å². The third kappa shape index (κ3) is 4.76.